The lowest BCUT2D eigenvalue weighted by Gasteiger charge is -2.30. The summed E-state index contributed by atoms with van der Waals surface area (Å²) in [6.45, 7) is 6.05. The molecule has 4 N–H and O–H groups in total. The number of nitrogens with zero attached hydrogens (tertiary/aromatic N) is 2. The van der Waals surface area contributed by atoms with Crippen molar-refractivity contribution in [1.82, 2.24) is 10.2 Å². The zero-order chi connectivity index (χ0) is 11.3. The zero-order valence-electron chi connectivity index (χ0n) is 9.58. The first-order valence-corrected chi connectivity index (χ1v) is 5.53. The lowest BCUT2D eigenvalue weighted by Crippen LogP contribution is -2.48. The van der Waals surface area contributed by atoms with Gasteiger partial charge in [0.15, 0.2) is 5.96 Å². The van der Waals surface area contributed by atoms with Crippen molar-refractivity contribution >= 4 is 11.9 Å². The smallest absolute Gasteiger partial charge is 0.201 e. The SMILES string of the molecule is CC(C)/N=C(/NC(=N)N)N1CCCCC1. The second-order valence-corrected chi connectivity index (χ2v) is 4.13. The fraction of sp³-hybridized carbons (Fsp3) is 0.800. The number of likely N-dealkylation sites (tertiary alicyclic amines) is 1. The molecule has 0 aromatic rings. The van der Waals surface area contributed by atoms with Crippen LogP contribution in [0.1, 0.15) is 33.1 Å². The van der Waals surface area contributed by atoms with Crippen LogP contribution in [0.15, 0.2) is 4.99 Å². The number of aliphatic imine (C=N–C) groups is 1. The molecule has 86 valence electrons. The third kappa shape index (κ3) is 4.18. The molecule has 0 aromatic carbocycles. The summed E-state index contributed by atoms with van der Waals surface area (Å²) in [4.78, 5) is 6.62. The third-order valence-corrected chi connectivity index (χ3v) is 2.28. The van der Waals surface area contributed by atoms with E-state index in [2.05, 4.69) is 15.2 Å². The van der Waals surface area contributed by atoms with Crippen LogP contribution in [-0.2, 0) is 0 Å². The molecule has 5 heteroatoms. The summed E-state index contributed by atoms with van der Waals surface area (Å²) in [5, 5.41) is 10.1. The maximum absolute atomic E-state index is 7.25. The Balaban J connectivity index is 2.65. The molecule has 0 atom stereocenters. The molecule has 0 radical (unpaired) electrons. The van der Waals surface area contributed by atoms with Gasteiger partial charge in [0.1, 0.15) is 0 Å². The predicted octanol–water partition coefficient (Wildman–Crippen LogP) is 0.720. The van der Waals surface area contributed by atoms with Gasteiger partial charge in [-0.2, -0.15) is 0 Å². The molecule has 1 fully saturated rings. The van der Waals surface area contributed by atoms with E-state index in [-0.39, 0.29) is 12.0 Å². The maximum Gasteiger partial charge on any atom is 0.201 e. The van der Waals surface area contributed by atoms with Gasteiger partial charge < -0.3 is 10.6 Å². The minimum atomic E-state index is -0.0417. The molecule has 5 nitrogen and oxygen atoms in total. The van der Waals surface area contributed by atoms with Crippen LogP contribution in [0.2, 0.25) is 0 Å². The highest BCUT2D eigenvalue weighted by Crippen LogP contribution is 2.09. The number of nitrogens with one attached hydrogen (secondary N) is 2. The van der Waals surface area contributed by atoms with E-state index < -0.39 is 0 Å². The van der Waals surface area contributed by atoms with E-state index in [4.69, 9.17) is 11.1 Å². The van der Waals surface area contributed by atoms with Crippen molar-refractivity contribution in [3.05, 3.63) is 0 Å². The van der Waals surface area contributed by atoms with Gasteiger partial charge in [0.2, 0.25) is 5.96 Å². The van der Waals surface area contributed by atoms with Gasteiger partial charge in [-0.1, -0.05) is 0 Å². The Morgan fingerprint density at radius 1 is 1.33 bits per heavy atom. The van der Waals surface area contributed by atoms with E-state index in [0.29, 0.717) is 0 Å². The van der Waals surface area contributed by atoms with Gasteiger partial charge in [-0.05, 0) is 33.1 Å². The lowest BCUT2D eigenvalue weighted by molar-refractivity contribution is 0.334. The molecule has 1 heterocycles. The minimum absolute atomic E-state index is 0.0417. The Kier molecular flexibility index (Phi) is 4.39. The fourth-order valence-corrected chi connectivity index (χ4v) is 1.66. The third-order valence-electron chi connectivity index (χ3n) is 2.28. The normalized spacial score (nSPS) is 18.1. The topological polar surface area (TPSA) is 77.5 Å². The van der Waals surface area contributed by atoms with E-state index in [1.165, 1.54) is 19.3 Å². The second-order valence-electron chi connectivity index (χ2n) is 4.13. The molecule has 1 saturated heterocycles. The number of nitrogens with two attached hydrogens (primary N) is 1. The molecule has 0 aromatic heterocycles. The first-order chi connectivity index (χ1) is 7.09. The summed E-state index contributed by atoms with van der Waals surface area (Å²) in [6.07, 6.45) is 3.67. The largest absolute Gasteiger partial charge is 0.370 e. The van der Waals surface area contributed by atoms with Gasteiger partial charge in [-0.15, -0.1) is 0 Å². The quantitative estimate of drug-likeness (QED) is 0.442. The van der Waals surface area contributed by atoms with E-state index >= 15 is 0 Å². The summed E-state index contributed by atoms with van der Waals surface area (Å²) in [5.41, 5.74) is 5.34. The van der Waals surface area contributed by atoms with Crippen LogP contribution >= 0.6 is 0 Å². The van der Waals surface area contributed by atoms with Gasteiger partial charge in [-0.3, -0.25) is 10.7 Å². The van der Waals surface area contributed by atoms with E-state index in [9.17, 15) is 0 Å². The molecule has 0 aliphatic carbocycles. The summed E-state index contributed by atoms with van der Waals surface area (Å²) in [5.74, 6) is 0.706. The van der Waals surface area contributed by atoms with Crippen molar-refractivity contribution in [3.63, 3.8) is 0 Å². The number of piperidine rings is 1. The van der Waals surface area contributed by atoms with Crippen LogP contribution < -0.4 is 11.1 Å². The Bertz CT molecular complexity index is 240. The average molecular weight is 211 g/mol. The molecule has 0 unspecified atom stereocenters. The number of rotatable bonds is 1. The summed E-state index contributed by atoms with van der Waals surface area (Å²) in [6, 6.07) is 0.216. The standard InChI is InChI=1S/C10H21N5/c1-8(2)13-10(14-9(11)12)15-6-4-3-5-7-15/h8H,3-7H2,1-2H3,(H4,11,12,13,14). The van der Waals surface area contributed by atoms with Crippen molar-refractivity contribution < 1.29 is 0 Å². The summed E-state index contributed by atoms with van der Waals surface area (Å²) in [7, 11) is 0. The summed E-state index contributed by atoms with van der Waals surface area (Å²) < 4.78 is 0. The first kappa shape index (κ1) is 11.8. The van der Waals surface area contributed by atoms with Crippen LogP contribution in [-0.4, -0.2) is 36.0 Å². The lowest BCUT2D eigenvalue weighted by atomic mass is 10.1. The number of hydrogen-bond acceptors (Lipinski definition) is 2. The Morgan fingerprint density at radius 3 is 2.40 bits per heavy atom. The fourth-order valence-electron chi connectivity index (χ4n) is 1.66. The Morgan fingerprint density at radius 2 is 1.93 bits per heavy atom. The van der Waals surface area contributed by atoms with Crippen LogP contribution in [0.25, 0.3) is 0 Å². The molecule has 1 rings (SSSR count). The van der Waals surface area contributed by atoms with Crippen molar-refractivity contribution in [2.24, 2.45) is 10.7 Å². The van der Waals surface area contributed by atoms with Gasteiger partial charge in [0.05, 0.1) is 0 Å². The maximum atomic E-state index is 7.25. The number of guanidine groups is 2. The monoisotopic (exact) mass is 211 g/mol. The van der Waals surface area contributed by atoms with Gasteiger partial charge in [0, 0.05) is 19.1 Å². The van der Waals surface area contributed by atoms with E-state index in [1.54, 1.807) is 0 Å². The molecular formula is C10H21N5. The molecular weight excluding hydrogens is 190 g/mol. The average Bonchev–Trinajstić information content (AvgIpc) is 2.17. The molecule has 1 aliphatic heterocycles. The van der Waals surface area contributed by atoms with Crippen LogP contribution in [0.3, 0.4) is 0 Å². The van der Waals surface area contributed by atoms with Crippen molar-refractivity contribution in [3.8, 4) is 0 Å². The number of hydrogen-bond donors (Lipinski definition) is 3. The van der Waals surface area contributed by atoms with Crippen LogP contribution in [0, 0.1) is 5.41 Å². The molecule has 15 heavy (non-hydrogen) atoms. The van der Waals surface area contributed by atoms with Crippen molar-refractivity contribution in [2.75, 3.05) is 13.1 Å². The van der Waals surface area contributed by atoms with Crippen LogP contribution in [0.4, 0.5) is 0 Å². The predicted molar refractivity (Wildman–Crippen MR) is 63.0 cm³/mol. The second kappa shape index (κ2) is 5.58. The molecule has 1 aliphatic rings. The van der Waals surface area contributed by atoms with Gasteiger partial charge >= 0.3 is 0 Å². The first-order valence-electron chi connectivity index (χ1n) is 5.53. The van der Waals surface area contributed by atoms with E-state index in [0.717, 1.165) is 19.0 Å². The highest BCUT2D eigenvalue weighted by molar-refractivity contribution is 5.96. The zero-order valence-corrected chi connectivity index (χ0v) is 9.58. The van der Waals surface area contributed by atoms with Crippen molar-refractivity contribution in [1.29, 1.82) is 5.41 Å². The highest BCUT2D eigenvalue weighted by atomic mass is 15.3. The van der Waals surface area contributed by atoms with Gasteiger partial charge in [-0.25, -0.2) is 4.99 Å². The van der Waals surface area contributed by atoms with Crippen molar-refractivity contribution in [2.45, 2.75) is 39.2 Å². The summed E-state index contributed by atoms with van der Waals surface area (Å²) >= 11 is 0. The molecule has 0 amide bonds. The molecule has 0 saturated carbocycles. The highest BCUT2D eigenvalue weighted by Gasteiger charge is 2.15. The Hall–Kier alpha value is -1.26. The van der Waals surface area contributed by atoms with Gasteiger partial charge in [0.25, 0.3) is 0 Å². The molecule has 0 bridgehead atoms. The van der Waals surface area contributed by atoms with Crippen LogP contribution in [0.5, 0.6) is 0 Å². The van der Waals surface area contributed by atoms with E-state index in [1.807, 2.05) is 13.8 Å². The molecule has 0 spiro atoms. The minimum Gasteiger partial charge on any atom is -0.370 e. The Labute approximate surface area is 91.2 Å².